The van der Waals surface area contributed by atoms with Gasteiger partial charge in [0, 0.05) is 14.1 Å². The summed E-state index contributed by atoms with van der Waals surface area (Å²) in [5, 5.41) is 4.60. The first kappa shape index (κ1) is 15.4. The molecule has 0 saturated heterocycles. The van der Waals surface area contributed by atoms with E-state index >= 15 is 0 Å². The summed E-state index contributed by atoms with van der Waals surface area (Å²) in [6, 6.07) is 7.60. The highest BCUT2D eigenvalue weighted by atomic mass is 35.5. The molecule has 0 aliphatic rings. The summed E-state index contributed by atoms with van der Waals surface area (Å²) in [6.07, 6.45) is 1.57. The van der Waals surface area contributed by atoms with Crippen molar-refractivity contribution in [1.29, 1.82) is 0 Å². The lowest BCUT2D eigenvalue weighted by Gasteiger charge is -2.18. The molecule has 0 aliphatic heterocycles. The first-order valence-corrected chi connectivity index (χ1v) is 6.95. The Morgan fingerprint density at radius 1 is 1.43 bits per heavy atom. The summed E-state index contributed by atoms with van der Waals surface area (Å²) in [5.41, 5.74) is 1.80. The number of carbonyl (C=O) groups is 1. The monoisotopic (exact) mass is 307 g/mol. The lowest BCUT2D eigenvalue weighted by Crippen LogP contribution is -2.31. The number of hydrogen-bond acceptors (Lipinski definition) is 3. The maximum atomic E-state index is 12.1. The van der Waals surface area contributed by atoms with Crippen LogP contribution in [-0.2, 0) is 18.4 Å². The molecule has 1 aromatic heterocycles. The number of nitrogens with zero attached hydrogens (tertiary/aromatic N) is 3. The molecule has 1 aromatic carbocycles. The van der Waals surface area contributed by atoms with E-state index in [-0.39, 0.29) is 12.5 Å². The van der Waals surface area contributed by atoms with Gasteiger partial charge in [0.15, 0.2) is 6.61 Å². The molecule has 2 aromatic rings. The fourth-order valence-corrected chi connectivity index (χ4v) is 2.12. The van der Waals surface area contributed by atoms with E-state index in [4.69, 9.17) is 16.3 Å². The van der Waals surface area contributed by atoms with Crippen molar-refractivity contribution in [3.05, 3.63) is 46.7 Å². The molecule has 0 unspecified atom stereocenters. The van der Waals surface area contributed by atoms with E-state index in [1.807, 2.05) is 31.2 Å². The molecule has 1 heterocycles. The molecule has 0 fully saturated rings. The van der Waals surface area contributed by atoms with Crippen molar-refractivity contribution in [3.63, 3.8) is 0 Å². The van der Waals surface area contributed by atoms with E-state index in [9.17, 15) is 4.79 Å². The minimum Gasteiger partial charge on any atom is -0.484 e. The average molecular weight is 308 g/mol. The number of amides is 1. The SMILES string of the molecule is Cc1ccccc1OCC(=O)N(C)Cc1c(Cl)cnn1C. The molecule has 0 atom stereocenters. The Hall–Kier alpha value is -2.01. The number of aryl methyl sites for hydroxylation is 2. The molecule has 21 heavy (non-hydrogen) atoms. The normalized spacial score (nSPS) is 10.5. The maximum absolute atomic E-state index is 12.1. The number of likely N-dealkylation sites (N-methyl/N-ethyl adjacent to an activating group) is 1. The van der Waals surface area contributed by atoms with Gasteiger partial charge < -0.3 is 9.64 Å². The van der Waals surface area contributed by atoms with Crippen LogP contribution >= 0.6 is 11.6 Å². The van der Waals surface area contributed by atoms with Gasteiger partial charge in [0.1, 0.15) is 5.75 Å². The second-order valence-electron chi connectivity index (χ2n) is 4.87. The van der Waals surface area contributed by atoms with E-state index in [1.54, 1.807) is 29.9 Å². The first-order valence-electron chi connectivity index (χ1n) is 6.58. The highest BCUT2D eigenvalue weighted by Gasteiger charge is 2.15. The maximum Gasteiger partial charge on any atom is 0.260 e. The lowest BCUT2D eigenvalue weighted by molar-refractivity contribution is -0.132. The van der Waals surface area contributed by atoms with Crippen LogP contribution in [-0.4, -0.2) is 34.2 Å². The summed E-state index contributed by atoms with van der Waals surface area (Å²) in [4.78, 5) is 13.7. The van der Waals surface area contributed by atoms with Crippen LogP contribution in [0.4, 0.5) is 0 Å². The van der Waals surface area contributed by atoms with Crippen molar-refractivity contribution in [2.75, 3.05) is 13.7 Å². The van der Waals surface area contributed by atoms with Crippen LogP contribution in [0, 0.1) is 6.92 Å². The van der Waals surface area contributed by atoms with Gasteiger partial charge in [-0.05, 0) is 18.6 Å². The van der Waals surface area contributed by atoms with E-state index in [0.717, 1.165) is 17.0 Å². The quantitative estimate of drug-likeness (QED) is 0.852. The van der Waals surface area contributed by atoms with Crippen LogP contribution in [0.3, 0.4) is 0 Å². The van der Waals surface area contributed by atoms with Crippen molar-refractivity contribution < 1.29 is 9.53 Å². The molecular formula is C15H18ClN3O2. The number of rotatable bonds is 5. The number of para-hydroxylation sites is 1. The molecule has 112 valence electrons. The molecule has 0 N–H and O–H groups in total. The fraction of sp³-hybridized carbons (Fsp3) is 0.333. The zero-order valence-electron chi connectivity index (χ0n) is 12.3. The van der Waals surface area contributed by atoms with Gasteiger partial charge in [0.25, 0.3) is 5.91 Å². The molecule has 0 saturated carbocycles. The van der Waals surface area contributed by atoms with Crippen molar-refractivity contribution in [3.8, 4) is 5.75 Å². The van der Waals surface area contributed by atoms with Gasteiger partial charge in [-0.2, -0.15) is 5.10 Å². The Balaban J connectivity index is 1.93. The summed E-state index contributed by atoms with van der Waals surface area (Å²) in [6.45, 7) is 2.33. The Kier molecular flexibility index (Phi) is 4.85. The molecule has 0 radical (unpaired) electrons. The van der Waals surface area contributed by atoms with Crippen LogP contribution in [0.5, 0.6) is 5.75 Å². The van der Waals surface area contributed by atoms with Gasteiger partial charge in [-0.1, -0.05) is 29.8 Å². The van der Waals surface area contributed by atoms with Gasteiger partial charge >= 0.3 is 0 Å². The van der Waals surface area contributed by atoms with E-state index in [2.05, 4.69) is 5.10 Å². The Labute approximate surface area is 129 Å². The molecule has 0 aliphatic carbocycles. The number of hydrogen-bond donors (Lipinski definition) is 0. The second-order valence-corrected chi connectivity index (χ2v) is 5.27. The standard InChI is InChI=1S/C15H18ClN3O2/c1-11-6-4-5-7-14(11)21-10-15(20)18(2)9-13-12(16)8-17-19(13)3/h4-8H,9-10H2,1-3H3. The lowest BCUT2D eigenvalue weighted by atomic mass is 10.2. The summed E-state index contributed by atoms with van der Waals surface area (Å²) < 4.78 is 7.21. The van der Waals surface area contributed by atoms with Crippen molar-refractivity contribution in [2.45, 2.75) is 13.5 Å². The molecule has 5 nitrogen and oxygen atoms in total. The smallest absolute Gasteiger partial charge is 0.260 e. The molecule has 0 spiro atoms. The largest absolute Gasteiger partial charge is 0.484 e. The van der Waals surface area contributed by atoms with Gasteiger partial charge in [-0.25, -0.2) is 0 Å². The van der Waals surface area contributed by atoms with E-state index in [1.165, 1.54) is 0 Å². The zero-order chi connectivity index (χ0) is 15.4. The van der Waals surface area contributed by atoms with Gasteiger partial charge in [-0.3, -0.25) is 9.48 Å². The Morgan fingerprint density at radius 2 is 2.14 bits per heavy atom. The molecular weight excluding hydrogens is 290 g/mol. The van der Waals surface area contributed by atoms with E-state index in [0.29, 0.717) is 11.6 Å². The third kappa shape index (κ3) is 3.76. The van der Waals surface area contributed by atoms with Gasteiger partial charge in [0.05, 0.1) is 23.5 Å². The highest BCUT2D eigenvalue weighted by Crippen LogP contribution is 2.17. The Bertz CT molecular complexity index is 620. The third-order valence-corrected chi connectivity index (χ3v) is 3.58. The van der Waals surface area contributed by atoms with Gasteiger partial charge in [-0.15, -0.1) is 0 Å². The van der Waals surface area contributed by atoms with Crippen molar-refractivity contribution in [2.24, 2.45) is 7.05 Å². The number of aromatic nitrogens is 2. The molecule has 1 amide bonds. The number of ether oxygens (including phenoxy) is 1. The van der Waals surface area contributed by atoms with Gasteiger partial charge in [0.2, 0.25) is 0 Å². The predicted octanol–water partition coefficient (Wildman–Crippen LogP) is 2.42. The summed E-state index contributed by atoms with van der Waals surface area (Å²) in [7, 11) is 3.51. The van der Waals surface area contributed by atoms with Crippen LogP contribution < -0.4 is 4.74 Å². The topological polar surface area (TPSA) is 47.4 Å². The first-order chi connectivity index (χ1) is 9.99. The summed E-state index contributed by atoms with van der Waals surface area (Å²) in [5.74, 6) is 0.605. The zero-order valence-corrected chi connectivity index (χ0v) is 13.1. The second kappa shape index (κ2) is 6.63. The number of carbonyl (C=O) groups excluding carboxylic acids is 1. The van der Waals surface area contributed by atoms with E-state index < -0.39 is 0 Å². The predicted molar refractivity (Wildman–Crippen MR) is 81.4 cm³/mol. The molecule has 2 rings (SSSR count). The number of halogens is 1. The Morgan fingerprint density at radius 3 is 2.76 bits per heavy atom. The highest BCUT2D eigenvalue weighted by molar-refractivity contribution is 6.31. The third-order valence-electron chi connectivity index (χ3n) is 3.27. The summed E-state index contributed by atoms with van der Waals surface area (Å²) >= 11 is 6.04. The minimum absolute atomic E-state index is 0.00315. The number of benzene rings is 1. The van der Waals surface area contributed by atoms with Crippen LogP contribution in [0.2, 0.25) is 5.02 Å². The van der Waals surface area contributed by atoms with Crippen molar-refractivity contribution >= 4 is 17.5 Å². The molecule has 0 bridgehead atoms. The van der Waals surface area contributed by atoms with Crippen LogP contribution in [0.1, 0.15) is 11.3 Å². The molecule has 6 heteroatoms. The van der Waals surface area contributed by atoms with Crippen LogP contribution in [0.25, 0.3) is 0 Å². The average Bonchev–Trinajstić information content (AvgIpc) is 2.78. The minimum atomic E-state index is -0.115. The van der Waals surface area contributed by atoms with Crippen molar-refractivity contribution in [1.82, 2.24) is 14.7 Å². The fourth-order valence-electron chi connectivity index (χ4n) is 1.89. The van der Waals surface area contributed by atoms with Crippen LogP contribution in [0.15, 0.2) is 30.5 Å².